The highest BCUT2D eigenvalue weighted by Gasteiger charge is 2.18. The molecular weight excluding hydrogens is 250 g/mol. The highest BCUT2D eigenvalue weighted by Crippen LogP contribution is 2.18. The summed E-state index contributed by atoms with van der Waals surface area (Å²) in [6, 6.07) is 4.08. The van der Waals surface area contributed by atoms with E-state index in [2.05, 4.69) is 29.5 Å². The van der Waals surface area contributed by atoms with Gasteiger partial charge in [-0.1, -0.05) is 26.7 Å². The molecule has 0 spiro atoms. The van der Waals surface area contributed by atoms with Gasteiger partial charge in [0.05, 0.1) is 0 Å². The molecule has 20 heavy (non-hydrogen) atoms. The molecular formula is C16H25N3O. The van der Waals surface area contributed by atoms with Gasteiger partial charge in [0, 0.05) is 24.5 Å². The lowest BCUT2D eigenvalue weighted by Gasteiger charge is -2.12. The van der Waals surface area contributed by atoms with Gasteiger partial charge in [0.2, 0.25) is 0 Å². The van der Waals surface area contributed by atoms with E-state index < -0.39 is 0 Å². The lowest BCUT2D eigenvalue weighted by Crippen LogP contribution is -2.33. The van der Waals surface area contributed by atoms with Gasteiger partial charge in [-0.2, -0.15) is 0 Å². The fraction of sp³-hybridized carbons (Fsp3) is 0.625. The Morgan fingerprint density at radius 2 is 2.15 bits per heavy atom. The minimum atomic E-state index is -0.0515. The molecule has 1 heterocycles. The molecule has 4 nitrogen and oxygen atoms in total. The van der Waals surface area contributed by atoms with Gasteiger partial charge in [0.25, 0.3) is 5.91 Å². The first-order valence-electron chi connectivity index (χ1n) is 7.66. The topological polar surface area (TPSA) is 54.0 Å². The number of aromatic nitrogens is 1. The van der Waals surface area contributed by atoms with Crippen molar-refractivity contribution in [1.82, 2.24) is 10.3 Å². The summed E-state index contributed by atoms with van der Waals surface area (Å²) >= 11 is 0. The van der Waals surface area contributed by atoms with Crippen molar-refractivity contribution in [2.45, 2.75) is 52.0 Å². The lowest BCUT2D eigenvalue weighted by molar-refractivity contribution is 0.0933. The van der Waals surface area contributed by atoms with Crippen LogP contribution in [-0.4, -0.2) is 23.5 Å². The summed E-state index contributed by atoms with van der Waals surface area (Å²) in [5.41, 5.74) is 1.48. The summed E-state index contributed by atoms with van der Waals surface area (Å²) in [5, 5.41) is 6.41. The smallest absolute Gasteiger partial charge is 0.270 e. The van der Waals surface area contributed by atoms with Crippen LogP contribution in [0.2, 0.25) is 0 Å². The lowest BCUT2D eigenvalue weighted by atomic mass is 10.1. The number of carbonyl (C=O) groups is 1. The van der Waals surface area contributed by atoms with E-state index in [0.717, 1.165) is 31.5 Å². The SMILES string of the molecule is CC(C)CCNc1ccnc(C(=O)NC2CCCC2)c1. The van der Waals surface area contributed by atoms with Crippen LogP contribution in [0.1, 0.15) is 56.4 Å². The molecule has 0 radical (unpaired) electrons. The molecule has 1 aliphatic rings. The van der Waals surface area contributed by atoms with E-state index in [9.17, 15) is 4.79 Å². The third-order valence-corrected chi connectivity index (χ3v) is 3.73. The first-order valence-corrected chi connectivity index (χ1v) is 7.66. The normalized spacial score (nSPS) is 15.6. The van der Waals surface area contributed by atoms with Crippen molar-refractivity contribution in [3.63, 3.8) is 0 Å². The minimum Gasteiger partial charge on any atom is -0.385 e. The third kappa shape index (κ3) is 4.51. The molecule has 0 unspecified atom stereocenters. The van der Waals surface area contributed by atoms with Gasteiger partial charge >= 0.3 is 0 Å². The minimum absolute atomic E-state index is 0.0515. The number of pyridine rings is 1. The molecule has 0 bridgehead atoms. The van der Waals surface area contributed by atoms with Crippen molar-refractivity contribution >= 4 is 11.6 Å². The van der Waals surface area contributed by atoms with Gasteiger partial charge in [-0.3, -0.25) is 9.78 Å². The van der Waals surface area contributed by atoms with Crippen LogP contribution in [0.15, 0.2) is 18.3 Å². The second-order valence-corrected chi connectivity index (χ2v) is 5.99. The maximum atomic E-state index is 12.1. The molecule has 0 aliphatic heterocycles. The fourth-order valence-corrected chi connectivity index (χ4v) is 2.50. The molecule has 1 amide bonds. The number of hydrogen-bond donors (Lipinski definition) is 2. The van der Waals surface area contributed by atoms with Crippen LogP contribution in [-0.2, 0) is 0 Å². The Balaban J connectivity index is 1.89. The Bertz CT molecular complexity index is 439. The number of nitrogens with zero attached hydrogens (tertiary/aromatic N) is 1. The monoisotopic (exact) mass is 275 g/mol. The van der Waals surface area contributed by atoms with Crippen molar-refractivity contribution in [2.24, 2.45) is 5.92 Å². The third-order valence-electron chi connectivity index (χ3n) is 3.73. The van der Waals surface area contributed by atoms with E-state index in [1.54, 1.807) is 6.20 Å². The maximum Gasteiger partial charge on any atom is 0.270 e. The zero-order valence-corrected chi connectivity index (χ0v) is 12.5. The Morgan fingerprint density at radius 3 is 2.85 bits per heavy atom. The molecule has 1 saturated carbocycles. The van der Waals surface area contributed by atoms with Crippen LogP contribution >= 0.6 is 0 Å². The second kappa shape index (κ2) is 7.27. The average molecular weight is 275 g/mol. The summed E-state index contributed by atoms with van der Waals surface area (Å²) in [6.45, 7) is 5.33. The molecule has 110 valence electrons. The number of nitrogens with one attached hydrogen (secondary N) is 2. The van der Waals surface area contributed by atoms with Crippen molar-refractivity contribution < 1.29 is 4.79 Å². The standard InChI is InChI=1S/C16H25N3O/c1-12(2)7-9-17-14-8-10-18-15(11-14)16(20)19-13-5-3-4-6-13/h8,10-13H,3-7,9H2,1-2H3,(H,17,18)(H,19,20). The fourth-order valence-electron chi connectivity index (χ4n) is 2.50. The first kappa shape index (κ1) is 14.8. The number of amides is 1. The van der Waals surface area contributed by atoms with Crippen molar-refractivity contribution in [3.05, 3.63) is 24.0 Å². The number of carbonyl (C=O) groups excluding carboxylic acids is 1. The molecule has 1 fully saturated rings. The van der Waals surface area contributed by atoms with Crippen molar-refractivity contribution in [1.29, 1.82) is 0 Å². The Kier molecular flexibility index (Phi) is 5.39. The molecule has 1 aromatic rings. The molecule has 4 heteroatoms. The zero-order chi connectivity index (χ0) is 14.4. The summed E-state index contributed by atoms with van der Waals surface area (Å²) in [7, 11) is 0. The summed E-state index contributed by atoms with van der Waals surface area (Å²) in [6.07, 6.45) is 7.44. The molecule has 0 aromatic carbocycles. The second-order valence-electron chi connectivity index (χ2n) is 5.99. The highest BCUT2D eigenvalue weighted by atomic mass is 16.1. The predicted molar refractivity (Wildman–Crippen MR) is 81.9 cm³/mol. The maximum absolute atomic E-state index is 12.1. The van der Waals surface area contributed by atoms with Crippen LogP contribution in [0.5, 0.6) is 0 Å². The number of rotatable bonds is 6. The molecule has 2 rings (SSSR count). The summed E-state index contributed by atoms with van der Waals surface area (Å²) in [5.74, 6) is 0.624. The van der Waals surface area contributed by atoms with E-state index >= 15 is 0 Å². The Hall–Kier alpha value is -1.58. The van der Waals surface area contributed by atoms with Gasteiger partial charge in [-0.05, 0) is 37.3 Å². The largest absolute Gasteiger partial charge is 0.385 e. The molecule has 2 N–H and O–H groups in total. The van der Waals surface area contributed by atoms with E-state index in [-0.39, 0.29) is 5.91 Å². The predicted octanol–water partition coefficient (Wildman–Crippen LogP) is 3.21. The van der Waals surface area contributed by atoms with Crippen molar-refractivity contribution in [2.75, 3.05) is 11.9 Å². The van der Waals surface area contributed by atoms with Gasteiger partial charge in [-0.15, -0.1) is 0 Å². The van der Waals surface area contributed by atoms with Gasteiger partial charge < -0.3 is 10.6 Å². The molecule has 0 atom stereocenters. The first-order chi connectivity index (χ1) is 9.65. The van der Waals surface area contributed by atoms with E-state index in [1.165, 1.54) is 12.8 Å². The summed E-state index contributed by atoms with van der Waals surface area (Å²) < 4.78 is 0. The van der Waals surface area contributed by atoms with Gasteiger partial charge in [-0.25, -0.2) is 0 Å². The van der Waals surface area contributed by atoms with Crippen LogP contribution < -0.4 is 10.6 Å². The molecule has 1 aliphatic carbocycles. The van der Waals surface area contributed by atoms with Crippen LogP contribution in [0.4, 0.5) is 5.69 Å². The van der Waals surface area contributed by atoms with Gasteiger partial charge in [0.1, 0.15) is 5.69 Å². The number of anilines is 1. The van der Waals surface area contributed by atoms with E-state index in [0.29, 0.717) is 17.7 Å². The van der Waals surface area contributed by atoms with E-state index in [4.69, 9.17) is 0 Å². The quantitative estimate of drug-likeness (QED) is 0.838. The zero-order valence-electron chi connectivity index (χ0n) is 12.5. The molecule has 1 aromatic heterocycles. The average Bonchev–Trinajstić information content (AvgIpc) is 2.91. The highest BCUT2D eigenvalue weighted by molar-refractivity contribution is 5.93. The van der Waals surface area contributed by atoms with Crippen LogP contribution in [0.3, 0.4) is 0 Å². The van der Waals surface area contributed by atoms with Crippen LogP contribution in [0, 0.1) is 5.92 Å². The van der Waals surface area contributed by atoms with Crippen LogP contribution in [0.25, 0.3) is 0 Å². The Labute approximate surface area is 121 Å². The number of hydrogen-bond acceptors (Lipinski definition) is 3. The van der Waals surface area contributed by atoms with Gasteiger partial charge in [0.15, 0.2) is 0 Å². The summed E-state index contributed by atoms with van der Waals surface area (Å²) in [4.78, 5) is 16.3. The molecule has 0 saturated heterocycles. The Morgan fingerprint density at radius 1 is 1.40 bits per heavy atom. The van der Waals surface area contributed by atoms with E-state index in [1.807, 2.05) is 12.1 Å². The van der Waals surface area contributed by atoms with Crippen molar-refractivity contribution in [3.8, 4) is 0 Å².